The minimum absolute atomic E-state index is 0.0254. The highest BCUT2D eigenvalue weighted by Gasteiger charge is 2.21. The van der Waals surface area contributed by atoms with Gasteiger partial charge in [-0.1, -0.05) is 0 Å². The molecular formula is C8H13N5O2. The Morgan fingerprint density at radius 3 is 3.20 bits per heavy atom. The zero-order valence-electron chi connectivity index (χ0n) is 8.54. The van der Waals surface area contributed by atoms with Crippen molar-refractivity contribution in [3.63, 3.8) is 0 Å². The van der Waals surface area contributed by atoms with E-state index in [4.69, 9.17) is 4.74 Å². The lowest BCUT2D eigenvalue weighted by molar-refractivity contribution is -0.139. The topological polar surface area (TPSA) is 73.1 Å². The highest BCUT2D eigenvalue weighted by Crippen LogP contribution is 2.04. The summed E-state index contributed by atoms with van der Waals surface area (Å²) in [4.78, 5) is 13.5. The second kappa shape index (κ2) is 4.35. The van der Waals surface area contributed by atoms with Gasteiger partial charge in [0.1, 0.15) is 12.9 Å². The SMILES string of the molecule is CC1CN(C(=O)Cn2cnnn2)CCO1. The van der Waals surface area contributed by atoms with E-state index in [1.165, 1.54) is 11.0 Å². The van der Waals surface area contributed by atoms with Crippen molar-refractivity contribution in [2.45, 2.75) is 19.6 Å². The van der Waals surface area contributed by atoms with Crippen LogP contribution in [0.25, 0.3) is 0 Å². The van der Waals surface area contributed by atoms with Crippen molar-refractivity contribution in [3.05, 3.63) is 6.33 Å². The van der Waals surface area contributed by atoms with E-state index >= 15 is 0 Å². The van der Waals surface area contributed by atoms with Crippen molar-refractivity contribution in [2.24, 2.45) is 0 Å². The maximum atomic E-state index is 11.8. The van der Waals surface area contributed by atoms with E-state index < -0.39 is 0 Å². The normalized spacial score (nSPS) is 21.7. The zero-order chi connectivity index (χ0) is 10.7. The molecule has 1 aromatic heterocycles. The molecule has 0 radical (unpaired) electrons. The summed E-state index contributed by atoms with van der Waals surface area (Å²) in [6, 6.07) is 0. The maximum absolute atomic E-state index is 11.8. The molecule has 1 unspecified atom stereocenters. The van der Waals surface area contributed by atoms with Crippen molar-refractivity contribution in [1.82, 2.24) is 25.1 Å². The minimum atomic E-state index is 0.0254. The third-order valence-electron chi connectivity index (χ3n) is 2.28. The Bertz CT molecular complexity index is 326. The fourth-order valence-corrected chi connectivity index (χ4v) is 1.54. The second-order valence-electron chi connectivity index (χ2n) is 3.53. The standard InChI is InChI=1S/C8H13N5O2/c1-7-4-12(2-3-15-7)8(14)5-13-6-9-10-11-13/h6-7H,2-5H2,1H3. The van der Waals surface area contributed by atoms with Gasteiger partial charge in [-0.25, -0.2) is 4.68 Å². The summed E-state index contributed by atoms with van der Waals surface area (Å²) in [6.45, 7) is 4.03. The molecule has 2 heterocycles. The highest BCUT2D eigenvalue weighted by molar-refractivity contribution is 5.75. The van der Waals surface area contributed by atoms with E-state index in [9.17, 15) is 4.79 Å². The number of carbonyl (C=O) groups is 1. The minimum Gasteiger partial charge on any atom is -0.375 e. The Balaban J connectivity index is 1.90. The molecule has 1 aromatic rings. The van der Waals surface area contributed by atoms with Crippen LogP contribution < -0.4 is 0 Å². The highest BCUT2D eigenvalue weighted by atomic mass is 16.5. The molecule has 1 fully saturated rings. The smallest absolute Gasteiger partial charge is 0.244 e. The molecule has 0 aromatic carbocycles. The summed E-state index contributed by atoms with van der Waals surface area (Å²) in [5, 5.41) is 10.6. The number of amides is 1. The third-order valence-corrected chi connectivity index (χ3v) is 2.28. The number of nitrogens with zero attached hydrogens (tertiary/aromatic N) is 5. The van der Waals surface area contributed by atoms with Gasteiger partial charge in [0.25, 0.3) is 0 Å². The molecule has 1 atom stereocenters. The van der Waals surface area contributed by atoms with Crippen LogP contribution in [0.15, 0.2) is 6.33 Å². The van der Waals surface area contributed by atoms with Gasteiger partial charge < -0.3 is 9.64 Å². The first-order valence-electron chi connectivity index (χ1n) is 4.86. The van der Waals surface area contributed by atoms with Crippen LogP contribution in [0.1, 0.15) is 6.92 Å². The van der Waals surface area contributed by atoms with Crippen LogP contribution in [-0.2, 0) is 16.1 Å². The molecule has 0 aliphatic carbocycles. The third kappa shape index (κ3) is 2.50. The predicted molar refractivity (Wildman–Crippen MR) is 49.8 cm³/mol. The van der Waals surface area contributed by atoms with Crippen LogP contribution in [0.2, 0.25) is 0 Å². The van der Waals surface area contributed by atoms with Gasteiger partial charge in [-0.2, -0.15) is 0 Å². The van der Waals surface area contributed by atoms with Gasteiger partial charge in [0, 0.05) is 13.1 Å². The van der Waals surface area contributed by atoms with Crippen molar-refractivity contribution < 1.29 is 9.53 Å². The summed E-state index contributed by atoms with van der Waals surface area (Å²) in [6.07, 6.45) is 1.54. The molecule has 7 nitrogen and oxygen atoms in total. The van der Waals surface area contributed by atoms with Gasteiger partial charge in [-0.05, 0) is 17.4 Å². The number of carbonyl (C=O) groups excluding carboxylic acids is 1. The maximum Gasteiger partial charge on any atom is 0.244 e. The molecule has 1 aliphatic rings. The largest absolute Gasteiger partial charge is 0.375 e. The summed E-state index contributed by atoms with van der Waals surface area (Å²) in [5.74, 6) is 0.0254. The van der Waals surface area contributed by atoms with E-state index in [1.807, 2.05) is 6.92 Å². The first-order chi connectivity index (χ1) is 7.25. The predicted octanol–water partition coefficient (Wildman–Crippen LogP) is -1.08. The molecule has 7 heteroatoms. The van der Waals surface area contributed by atoms with E-state index in [0.717, 1.165) is 0 Å². The van der Waals surface area contributed by atoms with Crippen LogP contribution >= 0.6 is 0 Å². The molecular weight excluding hydrogens is 198 g/mol. The molecule has 1 aliphatic heterocycles. The van der Waals surface area contributed by atoms with E-state index in [1.54, 1.807) is 4.90 Å². The van der Waals surface area contributed by atoms with E-state index in [2.05, 4.69) is 15.5 Å². The number of hydrogen-bond acceptors (Lipinski definition) is 5. The number of rotatable bonds is 2. The van der Waals surface area contributed by atoms with Crippen LogP contribution in [0, 0.1) is 0 Å². The van der Waals surface area contributed by atoms with Gasteiger partial charge in [0.2, 0.25) is 5.91 Å². The van der Waals surface area contributed by atoms with Gasteiger partial charge in [-0.15, -0.1) is 5.10 Å². The summed E-state index contributed by atoms with van der Waals surface area (Å²) in [5.41, 5.74) is 0. The Morgan fingerprint density at radius 1 is 1.67 bits per heavy atom. The number of tetrazole rings is 1. The first-order valence-corrected chi connectivity index (χ1v) is 4.86. The van der Waals surface area contributed by atoms with Gasteiger partial charge in [0.15, 0.2) is 0 Å². The fourth-order valence-electron chi connectivity index (χ4n) is 1.54. The number of ether oxygens (including phenoxy) is 1. The van der Waals surface area contributed by atoms with E-state index in [0.29, 0.717) is 19.7 Å². The van der Waals surface area contributed by atoms with Gasteiger partial charge in [0.05, 0.1) is 12.7 Å². The Morgan fingerprint density at radius 2 is 2.53 bits per heavy atom. The second-order valence-corrected chi connectivity index (χ2v) is 3.53. The van der Waals surface area contributed by atoms with Crippen molar-refractivity contribution in [1.29, 1.82) is 0 Å². The average Bonchev–Trinajstić information content (AvgIpc) is 2.70. The van der Waals surface area contributed by atoms with Crippen LogP contribution in [0.5, 0.6) is 0 Å². The Kier molecular flexibility index (Phi) is 2.91. The van der Waals surface area contributed by atoms with E-state index in [-0.39, 0.29) is 18.6 Å². The Labute approximate surface area is 87.0 Å². The number of aromatic nitrogens is 4. The molecule has 0 N–H and O–H groups in total. The van der Waals surface area contributed by atoms with Gasteiger partial charge >= 0.3 is 0 Å². The van der Waals surface area contributed by atoms with Crippen molar-refractivity contribution in [2.75, 3.05) is 19.7 Å². The average molecular weight is 211 g/mol. The molecule has 2 rings (SSSR count). The summed E-state index contributed by atoms with van der Waals surface area (Å²) < 4.78 is 6.77. The lowest BCUT2D eigenvalue weighted by atomic mass is 10.3. The van der Waals surface area contributed by atoms with Crippen molar-refractivity contribution >= 4 is 5.91 Å². The molecule has 0 bridgehead atoms. The molecule has 82 valence electrons. The zero-order valence-corrected chi connectivity index (χ0v) is 8.54. The quantitative estimate of drug-likeness (QED) is 0.622. The lowest BCUT2D eigenvalue weighted by Gasteiger charge is -2.31. The first kappa shape index (κ1) is 10.0. The molecule has 1 amide bonds. The van der Waals surface area contributed by atoms with Crippen LogP contribution in [-0.4, -0.2) is 56.8 Å². The molecule has 1 saturated heterocycles. The molecule has 0 saturated carbocycles. The Hall–Kier alpha value is -1.50. The molecule has 0 spiro atoms. The summed E-state index contributed by atoms with van der Waals surface area (Å²) in [7, 11) is 0. The monoisotopic (exact) mass is 211 g/mol. The number of hydrogen-bond donors (Lipinski definition) is 0. The number of morpholine rings is 1. The van der Waals surface area contributed by atoms with Gasteiger partial charge in [-0.3, -0.25) is 4.79 Å². The summed E-state index contributed by atoms with van der Waals surface area (Å²) >= 11 is 0. The fraction of sp³-hybridized carbons (Fsp3) is 0.750. The molecule has 15 heavy (non-hydrogen) atoms. The van der Waals surface area contributed by atoms with Crippen LogP contribution in [0.3, 0.4) is 0 Å². The van der Waals surface area contributed by atoms with Crippen LogP contribution in [0.4, 0.5) is 0 Å². The van der Waals surface area contributed by atoms with Crippen molar-refractivity contribution in [3.8, 4) is 0 Å². The lowest BCUT2D eigenvalue weighted by Crippen LogP contribution is -2.45.